The molecule has 6 heteroatoms. The molecule has 0 unspecified atom stereocenters. The lowest BCUT2D eigenvalue weighted by molar-refractivity contribution is 0.0691. The first-order valence-corrected chi connectivity index (χ1v) is 4.66. The molecule has 72 valence electrons. The summed E-state index contributed by atoms with van der Waals surface area (Å²) in [4.78, 5) is 22.7. The van der Waals surface area contributed by atoms with Gasteiger partial charge in [0.15, 0.2) is 5.69 Å². The first kappa shape index (κ1) is 8.76. The summed E-state index contributed by atoms with van der Waals surface area (Å²) >= 11 is 1.32. The Balaban J connectivity index is 2.68. The van der Waals surface area contributed by atoms with Gasteiger partial charge in [0, 0.05) is 4.88 Å². The molecule has 3 N–H and O–H groups in total. The quantitative estimate of drug-likeness (QED) is 0.694. The highest BCUT2D eigenvalue weighted by molar-refractivity contribution is 7.13. The fraction of sp³-hybridized carbons (Fsp3) is 0. The Morgan fingerprint density at radius 2 is 2.21 bits per heavy atom. The monoisotopic (exact) mass is 210 g/mol. The molecule has 0 bridgehead atoms. The standard InChI is InChI=1S/C8H6N2O3S/c11-7-5(4-2-1-3-14-4)6(8(12)13)9-10-7/h1-3H,(H,12,13)(H2,9,10,11). The molecule has 0 saturated heterocycles. The number of hydrogen-bond acceptors (Lipinski definition) is 3. The van der Waals surface area contributed by atoms with E-state index in [2.05, 4.69) is 10.2 Å². The number of aromatic amines is 2. The molecule has 0 aliphatic carbocycles. The van der Waals surface area contributed by atoms with E-state index in [-0.39, 0.29) is 11.3 Å². The van der Waals surface area contributed by atoms with Crippen LogP contribution >= 0.6 is 11.3 Å². The van der Waals surface area contributed by atoms with Crippen LogP contribution in [-0.2, 0) is 0 Å². The number of carbonyl (C=O) groups is 1. The second-order valence-corrected chi connectivity index (χ2v) is 3.56. The van der Waals surface area contributed by atoms with E-state index in [0.29, 0.717) is 4.88 Å². The van der Waals surface area contributed by atoms with Crippen LogP contribution in [0.2, 0.25) is 0 Å². The van der Waals surface area contributed by atoms with E-state index < -0.39 is 11.5 Å². The van der Waals surface area contributed by atoms with E-state index in [1.165, 1.54) is 11.3 Å². The third kappa shape index (κ3) is 1.25. The smallest absolute Gasteiger partial charge is 0.354 e. The summed E-state index contributed by atoms with van der Waals surface area (Å²) in [5, 5.41) is 15.2. The molecule has 0 radical (unpaired) electrons. The summed E-state index contributed by atoms with van der Waals surface area (Å²) in [6.45, 7) is 0. The van der Waals surface area contributed by atoms with E-state index in [9.17, 15) is 9.59 Å². The van der Waals surface area contributed by atoms with Gasteiger partial charge in [-0.2, -0.15) is 0 Å². The average molecular weight is 210 g/mol. The highest BCUT2D eigenvalue weighted by atomic mass is 32.1. The molecule has 0 fully saturated rings. The van der Waals surface area contributed by atoms with E-state index in [4.69, 9.17) is 5.11 Å². The molecule has 0 spiro atoms. The predicted molar refractivity (Wildman–Crippen MR) is 51.7 cm³/mol. The Morgan fingerprint density at radius 1 is 1.43 bits per heavy atom. The molecule has 2 aromatic rings. The summed E-state index contributed by atoms with van der Waals surface area (Å²) in [5.74, 6) is -1.15. The van der Waals surface area contributed by atoms with Crippen LogP contribution in [0.3, 0.4) is 0 Å². The molecule has 2 heterocycles. The Morgan fingerprint density at radius 3 is 2.79 bits per heavy atom. The first-order chi connectivity index (χ1) is 6.70. The number of hydrogen-bond donors (Lipinski definition) is 3. The number of carboxylic acid groups (broad SMARTS) is 1. The van der Waals surface area contributed by atoms with Crippen LogP contribution in [0.25, 0.3) is 10.4 Å². The number of H-pyrrole nitrogens is 2. The van der Waals surface area contributed by atoms with Crippen molar-refractivity contribution in [2.75, 3.05) is 0 Å². The Bertz CT molecular complexity index is 509. The predicted octanol–water partition coefficient (Wildman–Crippen LogP) is 1.13. The zero-order valence-corrected chi connectivity index (χ0v) is 7.72. The molecule has 0 amide bonds. The van der Waals surface area contributed by atoms with E-state index in [0.717, 1.165) is 0 Å². The Labute approximate surface area is 82.0 Å². The molecular weight excluding hydrogens is 204 g/mol. The van der Waals surface area contributed by atoms with Crippen molar-refractivity contribution in [3.63, 3.8) is 0 Å². The van der Waals surface area contributed by atoms with Crippen LogP contribution in [0.5, 0.6) is 0 Å². The highest BCUT2D eigenvalue weighted by Gasteiger charge is 2.17. The fourth-order valence-corrected chi connectivity index (χ4v) is 1.95. The minimum atomic E-state index is -1.15. The van der Waals surface area contributed by atoms with Crippen molar-refractivity contribution < 1.29 is 9.90 Å². The third-order valence-electron chi connectivity index (χ3n) is 1.76. The maximum Gasteiger partial charge on any atom is 0.354 e. The topological polar surface area (TPSA) is 85.9 Å². The third-order valence-corrected chi connectivity index (χ3v) is 2.65. The lowest BCUT2D eigenvalue weighted by atomic mass is 10.2. The fourth-order valence-electron chi connectivity index (χ4n) is 1.17. The van der Waals surface area contributed by atoms with Gasteiger partial charge in [-0.05, 0) is 11.4 Å². The molecule has 5 nitrogen and oxygen atoms in total. The van der Waals surface area contributed by atoms with Crippen LogP contribution in [0.15, 0.2) is 22.3 Å². The zero-order chi connectivity index (χ0) is 10.1. The number of nitrogens with one attached hydrogen (secondary N) is 2. The van der Waals surface area contributed by atoms with Gasteiger partial charge in [-0.15, -0.1) is 11.3 Å². The molecule has 0 aliphatic heterocycles. The van der Waals surface area contributed by atoms with Crippen molar-refractivity contribution in [3.05, 3.63) is 33.6 Å². The van der Waals surface area contributed by atoms with Gasteiger partial charge in [0.25, 0.3) is 5.56 Å². The van der Waals surface area contributed by atoms with Crippen LogP contribution in [0, 0.1) is 0 Å². The van der Waals surface area contributed by atoms with Crippen molar-refractivity contribution in [2.24, 2.45) is 0 Å². The first-order valence-electron chi connectivity index (χ1n) is 3.78. The lowest BCUT2D eigenvalue weighted by Crippen LogP contribution is -2.03. The maximum absolute atomic E-state index is 11.3. The molecule has 0 atom stereocenters. The Kier molecular flexibility index (Phi) is 1.97. The average Bonchev–Trinajstić information content (AvgIpc) is 2.71. The van der Waals surface area contributed by atoms with Crippen molar-refractivity contribution in [1.82, 2.24) is 10.2 Å². The van der Waals surface area contributed by atoms with Crippen LogP contribution in [0.1, 0.15) is 10.5 Å². The minimum Gasteiger partial charge on any atom is -0.477 e. The largest absolute Gasteiger partial charge is 0.477 e. The highest BCUT2D eigenvalue weighted by Crippen LogP contribution is 2.23. The van der Waals surface area contributed by atoms with Gasteiger partial charge >= 0.3 is 5.97 Å². The van der Waals surface area contributed by atoms with E-state index in [1.54, 1.807) is 17.5 Å². The van der Waals surface area contributed by atoms with Crippen LogP contribution in [0.4, 0.5) is 0 Å². The van der Waals surface area contributed by atoms with Crippen LogP contribution in [-0.4, -0.2) is 21.3 Å². The normalized spacial score (nSPS) is 10.3. The molecule has 0 saturated carbocycles. The SMILES string of the molecule is O=C(O)c1[nH][nH]c(=O)c1-c1cccs1. The van der Waals surface area contributed by atoms with Gasteiger partial charge in [0.05, 0.1) is 5.56 Å². The number of rotatable bonds is 2. The van der Waals surface area contributed by atoms with Gasteiger partial charge in [0.2, 0.25) is 0 Å². The van der Waals surface area contributed by atoms with E-state index in [1.807, 2.05) is 0 Å². The van der Waals surface area contributed by atoms with Gasteiger partial charge in [-0.1, -0.05) is 6.07 Å². The van der Waals surface area contributed by atoms with Gasteiger partial charge < -0.3 is 5.11 Å². The van der Waals surface area contributed by atoms with Crippen molar-refractivity contribution >= 4 is 17.3 Å². The minimum absolute atomic E-state index is 0.0996. The second-order valence-electron chi connectivity index (χ2n) is 2.61. The van der Waals surface area contributed by atoms with Crippen molar-refractivity contribution in [2.45, 2.75) is 0 Å². The summed E-state index contributed by atoms with van der Waals surface area (Å²) in [7, 11) is 0. The lowest BCUT2D eigenvalue weighted by Gasteiger charge is -1.92. The molecule has 2 aromatic heterocycles. The zero-order valence-electron chi connectivity index (χ0n) is 6.90. The maximum atomic E-state index is 11.3. The molecule has 2 rings (SSSR count). The van der Waals surface area contributed by atoms with Crippen LogP contribution < -0.4 is 5.56 Å². The summed E-state index contributed by atoms with van der Waals surface area (Å²) in [6, 6.07) is 3.47. The summed E-state index contributed by atoms with van der Waals surface area (Å²) < 4.78 is 0. The van der Waals surface area contributed by atoms with Gasteiger partial charge in [-0.3, -0.25) is 15.0 Å². The summed E-state index contributed by atoms with van der Waals surface area (Å²) in [6.07, 6.45) is 0. The summed E-state index contributed by atoms with van der Waals surface area (Å²) in [5.41, 5.74) is -0.324. The number of thiophene rings is 1. The number of carboxylic acids is 1. The molecule has 0 aliphatic rings. The number of aromatic carboxylic acids is 1. The van der Waals surface area contributed by atoms with Gasteiger partial charge in [0.1, 0.15) is 0 Å². The van der Waals surface area contributed by atoms with Crippen molar-refractivity contribution in [1.29, 1.82) is 0 Å². The molecular formula is C8H6N2O3S. The number of aromatic nitrogens is 2. The molecule has 14 heavy (non-hydrogen) atoms. The van der Waals surface area contributed by atoms with E-state index >= 15 is 0 Å². The van der Waals surface area contributed by atoms with Gasteiger partial charge in [-0.25, -0.2) is 4.79 Å². The van der Waals surface area contributed by atoms with Crippen molar-refractivity contribution in [3.8, 4) is 10.4 Å². The second kappa shape index (κ2) is 3.15. The molecule has 0 aromatic carbocycles. The Hall–Kier alpha value is -1.82.